The second kappa shape index (κ2) is 10.3. The van der Waals surface area contributed by atoms with Gasteiger partial charge in [-0.05, 0) is 54.4 Å². The number of benzene rings is 3. The monoisotopic (exact) mass is 470 g/mol. The summed E-state index contributed by atoms with van der Waals surface area (Å²) in [6, 6.07) is 16.2. The number of anilines is 2. The molecular weight excluding hydrogens is 444 g/mol. The number of hydrogen-bond donors (Lipinski definition) is 2. The lowest BCUT2D eigenvalue weighted by Crippen LogP contribution is -2.17. The summed E-state index contributed by atoms with van der Waals surface area (Å²) in [5.41, 5.74) is 2.11. The molecule has 0 radical (unpaired) electrons. The maximum atomic E-state index is 13.1. The first-order valence-electron chi connectivity index (χ1n) is 10.1. The Bertz CT molecular complexity index is 1240. The standard InChI is InChI=1S/C24H26N2O6S/c1-5-16-6-9-18(10-7-16)26-33(28,29)23-14-17(8-12-21(23)31-3)24(27)25-19-11-13-20(30-2)22(15-19)32-4/h6-15,26H,5H2,1-4H3,(H,25,27). The summed E-state index contributed by atoms with van der Waals surface area (Å²) in [5.74, 6) is 0.599. The number of sulfonamides is 1. The maximum absolute atomic E-state index is 13.1. The number of hydrogen-bond acceptors (Lipinski definition) is 6. The van der Waals surface area contributed by atoms with Gasteiger partial charge in [0.15, 0.2) is 11.5 Å². The Hall–Kier alpha value is -3.72. The van der Waals surface area contributed by atoms with Gasteiger partial charge < -0.3 is 19.5 Å². The van der Waals surface area contributed by atoms with E-state index in [1.165, 1.54) is 39.5 Å². The van der Waals surface area contributed by atoms with Gasteiger partial charge in [0.25, 0.3) is 15.9 Å². The number of nitrogens with one attached hydrogen (secondary N) is 2. The van der Waals surface area contributed by atoms with Crippen molar-refractivity contribution in [2.45, 2.75) is 18.2 Å². The minimum absolute atomic E-state index is 0.121. The van der Waals surface area contributed by atoms with Gasteiger partial charge in [-0.2, -0.15) is 0 Å². The molecule has 33 heavy (non-hydrogen) atoms. The average molecular weight is 471 g/mol. The quantitative estimate of drug-likeness (QED) is 0.483. The second-order valence-corrected chi connectivity index (χ2v) is 8.70. The molecule has 0 aliphatic carbocycles. The molecule has 0 heterocycles. The summed E-state index contributed by atoms with van der Waals surface area (Å²) >= 11 is 0. The first-order chi connectivity index (χ1) is 15.8. The van der Waals surface area contributed by atoms with Crippen LogP contribution in [0.1, 0.15) is 22.8 Å². The van der Waals surface area contributed by atoms with E-state index < -0.39 is 15.9 Å². The van der Waals surface area contributed by atoms with Crippen molar-refractivity contribution < 1.29 is 27.4 Å². The molecule has 0 aliphatic rings. The van der Waals surface area contributed by atoms with Crippen LogP contribution in [0.3, 0.4) is 0 Å². The lowest BCUT2D eigenvalue weighted by atomic mass is 10.2. The molecule has 0 bridgehead atoms. The molecule has 0 saturated heterocycles. The number of ether oxygens (including phenoxy) is 3. The molecule has 0 unspecified atom stereocenters. The van der Waals surface area contributed by atoms with E-state index in [4.69, 9.17) is 14.2 Å². The van der Waals surface area contributed by atoms with Gasteiger partial charge in [-0.15, -0.1) is 0 Å². The normalized spacial score (nSPS) is 10.9. The molecule has 174 valence electrons. The molecule has 3 rings (SSSR count). The van der Waals surface area contributed by atoms with E-state index in [9.17, 15) is 13.2 Å². The summed E-state index contributed by atoms with van der Waals surface area (Å²) in [5, 5.41) is 2.73. The lowest BCUT2D eigenvalue weighted by Gasteiger charge is -2.14. The highest BCUT2D eigenvalue weighted by Gasteiger charge is 2.22. The van der Waals surface area contributed by atoms with Crippen LogP contribution in [0.5, 0.6) is 17.2 Å². The van der Waals surface area contributed by atoms with Crippen LogP contribution in [0.4, 0.5) is 11.4 Å². The van der Waals surface area contributed by atoms with Crippen LogP contribution < -0.4 is 24.2 Å². The Kier molecular flexibility index (Phi) is 7.44. The van der Waals surface area contributed by atoms with Crippen molar-refractivity contribution >= 4 is 27.3 Å². The first kappa shape index (κ1) is 23.9. The van der Waals surface area contributed by atoms with Gasteiger partial charge in [-0.3, -0.25) is 9.52 Å². The van der Waals surface area contributed by atoms with E-state index in [-0.39, 0.29) is 16.2 Å². The van der Waals surface area contributed by atoms with Crippen LogP contribution in [0, 0.1) is 0 Å². The van der Waals surface area contributed by atoms with Crippen LogP contribution in [0.15, 0.2) is 65.6 Å². The Morgan fingerprint density at radius 1 is 0.788 bits per heavy atom. The van der Waals surface area contributed by atoms with Crippen molar-refractivity contribution in [1.82, 2.24) is 0 Å². The van der Waals surface area contributed by atoms with Crippen LogP contribution >= 0.6 is 0 Å². The minimum atomic E-state index is -4.02. The zero-order valence-electron chi connectivity index (χ0n) is 18.8. The summed E-state index contributed by atoms with van der Waals surface area (Å²) in [7, 11) is 0.361. The van der Waals surface area contributed by atoms with Crippen LogP contribution in [0.25, 0.3) is 0 Å². The molecule has 0 fully saturated rings. The van der Waals surface area contributed by atoms with E-state index >= 15 is 0 Å². The predicted octanol–water partition coefficient (Wildman–Crippen LogP) is 4.33. The molecule has 9 heteroatoms. The van der Waals surface area contributed by atoms with Gasteiger partial charge in [-0.25, -0.2) is 8.42 Å². The van der Waals surface area contributed by atoms with Crippen molar-refractivity contribution in [3.8, 4) is 17.2 Å². The number of aryl methyl sites for hydroxylation is 1. The molecule has 3 aromatic rings. The molecule has 8 nitrogen and oxygen atoms in total. The number of amides is 1. The van der Waals surface area contributed by atoms with Crippen molar-refractivity contribution in [2.75, 3.05) is 31.4 Å². The zero-order valence-corrected chi connectivity index (χ0v) is 19.7. The molecule has 0 saturated carbocycles. The fraction of sp³-hybridized carbons (Fsp3) is 0.208. The highest BCUT2D eigenvalue weighted by atomic mass is 32.2. The number of carbonyl (C=O) groups is 1. The molecule has 3 aromatic carbocycles. The van der Waals surface area contributed by atoms with Crippen LogP contribution in [0.2, 0.25) is 0 Å². The zero-order chi connectivity index (χ0) is 24.0. The average Bonchev–Trinajstić information content (AvgIpc) is 2.83. The number of rotatable bonds is 9. The highest BCUT2D eigenvalue weighted by molar-refractivity contribution is 7.92. The second-order valence-electron chi connectivity index (χ2n) is 7.05. The van der Waals surface area contributed by atoms with Gasteiger partial charge in [0, 0.05) is 23.0 Å². The van der Waals surface area contributed by atoms with Crippen LogP contribution in [-0.4, -0.2) is 35.7 Å². The summed E-state index contributed by atoms with van der Waals surface area (Å²) in [6.07, 6.45) is 0.845. The molecule has 0 aliphatic heterocycles. The topological polar surface area (TPSA) is 103 Å². The third-order valence-corrected chi connectivity index (χ3v) is 6.37. The minimum Gasteiger partial charge on any atom is -0.495 e. The van der Waals surface area contributed by atoms with Crippen molar-refractivity contribution in [1.29, 1.82) is 0 Å². The van der Waals surface area contributed by atoms with E-state index in [0.717, 1.165) is 12.0 Å². The summed E-state index contributed by atoms with van der Waals surface area (Å²) < 4.78 is 44.4. The Balaban J connectivity index is 1.88. The van der Waals surface area contributed by atoms with Gasteiger partial charge in [0.05, 0.1) is 21.3 Å². The predicted molar refractivity (Wildman–Crippen MR) is 127 cm³/mol. The first-order valence-corrected chi connectivity index (χ1v) is 11.6. The summed E-state index contributed by atoms with van der Waals surface area (Å²) in [6.45, 7) is 2.02. The van der Waals surface area contributed by atoms with Crippen molar-refractivity contribution in [3.63, 3.8) is 0 Å². The molecule has 2 N–H and O–H groups in total. The maximum Gasteiger partial charge on any atom is 0.265 e. The van der Waals surface area contributed by atoms with E-state index in [1.54, 1.807) is 30.3 Å². The van der Waals surface area contributed by atoms with Gasteiger partial charge >= 0.3 is 0 Å². The van der Waals surface area contributed by atoms with Crippen LogP contribution in [-0.2, 0) is 16.4 Å². The number of carbonyl (C=O) groups excluding carboxylic acids is 1. The van der Waals surface area contributed by atoms with E-state index in [2.05, 4.69) is 10.0 Å². The summed E-state index contributed by atoms with van der Waals surface area (Å²) in [4.78, 5) is 12.7. The Morgan fingerprint density at radius 3 is 2.00 bits per heavy atom. The molecule has 0 aromatic heterocycles. The molecule has 0 spiro atoms. The SMILES string of the molecule is CCc1ccc(NS(=O)(=O)c2cc(C(=O)Nc3ccc(OC)c(OC)c3)ccc2OC)cc1. The molecule has 1 amide bonds. The lowest BCUT2D eigenvalue weighted by molar-refractivity contribution is 0.102. The molecular formula is C24H26N2O6S. The van der Waals surface area contributed by atoms with Gasteiger partial charge in [0.2, 0.25) is 0 Å². The fourth-order valence-corrected chi connectivity index (χ4v) is 4.42. The van der Waals surface area contributed by atoms with Gasteiger partial charge in [-0.1, -0.05) is 19.1 Å². The van der Waals surface area contributed by atoms with E-state index in [1.807, 2.05) is 19.1 Å². The highest BCUT2D eigenvalue weighted by Crippen LogP contribution is 2.31. The Labute approximate surface area is 193 Å². The third kappa shape index (κ3) is 5.56. The smallest absolute Gasteiger partial charge is 0.265 e. The van der Waals surface area contributed by atoms with Gasteiger partial charge in [0.1, 0.15) is 10.6 Å². The Morgan fingerprint density at radius 2 is 1.39 bits per heavy atom. The largest absolute Gasteiger partial charge is 0.495 e. The van der Waals surface area contributed by atoms with Crippen molar-refractivity contribution in [2.24, 2.45) is 0 Å². The number of methoxy groups -OCH3 is 3. The fourth-order valence-electron chi connectivity index (χ4n) is 3.16. The molecule has 0 atom stereocenters. The van der Waals surface area contributed by atoms with Crippen molar-refractivity contribution in [3.05, 3.63) is 71.8 Å². The van der Waals surface area contributed by atoms with E-state index in [0.29, 0.717) is 22.9 Å². The third-order valence-electron chi connectivity index (χ3n) is 4.97.